The van der Waals surface area contributed by atoms with Crippen LogP contribution in [0.2, 0.25) is 0 Å². The zero-order valence-electron chi connectivity index (χ0n) is 10.2. The number of rotatable bonds is 7. The van der Waals surface area contributed by atoms with Gasteiger partial charge in [-0.3, -0.25) is 4.79 Å². The molecule has 2 heteroatoms. The number of Topliss-reactive ketones (excluding diaryl/α,β-unsaturated/α-hetero) is 1. The second-order valence-corrected chi connectivity index (χ2v) is 4.52. The van der Waals surface area contributed by atoms with E-state index in [1.807, 2.05) is 20.8 Å². The van der Waals surface area contributed by atoms with E-state index in [1.54, 1.807) is 0 Å². The lowest BCUT2D eigenvalue weighted by molar-refractivity contribution is -0.133. The number of hydrogen-bond acceptors (Lipinski definition) is 2. The molecule has 0 aliphatic carbocycles. The summed E-state index contributed by atoms with van der Waals surface area (Å²) < 4.78 is 5.45. The van der Waals surface area contributed by atoms with Crippen molar-refractivity contribution in [2.45, 2.75) is 53.6 Å². The monoisotopic (exact) mass is 200 g/mol. The van der Waals surface area contributed by atoms with E-state index in [-0.39, 0.29) is 17.8 Å². The van der Waals surface area contributed by atoms with Gasteiger partial charge in [-0.05, 0) is 25.2 Å². The highest BCUT2D eigenvalue weighted by molar-refractivity contribution is 5.83. The van der Waals surface area contributed by atoms with Gasteiger partial charge in [-0.1, -0.05) is 27.7 Å². The number of carbonyl (C=O) groups excluding carboxylic acids is 1. The maximum absolute atomic E-state index is 11.8. The summed E-state index contributed by atoms with van der Waals surface area (Å²) in [6.07, 6.45) is 1.43. The summed E-state index contributed by atoms with van der Waals surface area (Å²) in [7, 11) is 0. The van der Waals surface area contributed by atoms with E-state index in [4.69, 9.17) is 4.74 Å². The van der Waals surface area contributed by atoms with Crippen molar-refractivity contribution in [3.8, 4) is 0 Å². The normalized spacial score (nSPS) is 13.6. The van der Waals surface area contributed by atoms with Crippen LogP contribution in [-0.4, -0.2) is 18.5 Å². The van der Waals surface area contributed by atoms with Crippen molar-refractivity contribution in [2.75, 3.05) is 6.61 Å². The molecule has 0 aromatic heterocycles. The molecule has 1 atom stereocenters. The smallest absolute Gasteiger partial charge is 0.161 e. The van der Waals surface area contributed by atoms with Gasteiger partial charge in [0, 0.05) is 13.0 Å². The van der Waals surface area contributed by atoms with Crippen LogP contribution in [0.5, 0.6) is 0 Å². The van der Waals surface area contributed by atoms with E-state index in [0.717, 1.165) is 6.42 Å². The minimum atomic E-state index is -0.196. The van der Waals surface area contributed by atoms with Gasteiger partial charge in [0.05, 0.1) is 0 Å². The predicted octanol–water partition coefficient (Wildman–Crippen LogP) is 3.05. The van der Waals surface area contributed by atoms with Crippen molar-refractivity contribution in [1.29, 1.82) is 0 Å². The molecule has 0 heterocycles. The quantitative estimate of drug-likeness (QED) is 0.631. The molecule has 0 spiro atoms. The van der Waals surface area contributed by atoms with E-state index in [1.165, 1.54) is 0 Å². The van der Waals surface area contributed by atoms with Gasteiger partial charge in [0.25, 0.3) is 0 Å². The topological polar surface area (TPSA) is 26.3 Å². The Hall–Kier alpha value is -0.370. The second kappa shape index (κ2) is 6.99. The highest BCUT2D eigenvalue weighted by Crippen LogP contribution is 2.13. The van der Waals surface area contributed by atoms with Gasteiger partial charge in [-0.15, -0.1) is 0 Å². The molecule has 84 valence electrons. The average Bonchev–Trinajstić information content (AvgIpc) is 2.09. The standard InChI is InChI=1S/C12H24O2/c1-6-14-12(10(4)5)11(13)8-7-9(2)3/h9-10,12H,6-8H2,1-5H3. The molecule has 0 aliphatic rings. The molecule has 0 amide bonds. The molecule has 14 heavy (non-hydrogen) atoms. The Morgan fingerprint density at radius 1 is 1.21 bits per heavy atom. The lowest BCUT2D eigenvalue weighted by Gasteiger charge is -2.19. The van der Waals surface area contributed by atoms with E-state index >= 15 is 0 Å². The van der Waals surface area contributed by atoms with Crippen LogP contribution >= 0.6 is 0 Å². The first-order valence-corrected chi connectivity index (χ1v) is 5.63. The van der Waals surface area contributed by atoms with Crippen LogP contribution in [0, 0.1) is 11.8 Å². The molecule has 1 unspecified atom stereocenters. The van der Waals surface area contributed by atoms with Crippen molar-refractivity contribution in [3.63, 3.8) is 0 Å². The first kappa shape index (κ1) is 13.6. The van der Waals surface area contributed by atoms with E-state index in [9.17, 15) is 4.79 Å². The van der Waals surface area contributed by atoms with Gasteiger partial charge >= 0.3 is 0 Å². The summed E-state index contributed by atoms with van der Waals surface area (Å²) in [6.45, 7) is 10.9. The molecular formula is C12H24O2. The molecule has 0 bridgehead atoms. The van der Waals surface area contributed by atoms with Gasteiger partial charge in [0.2, 0.25) is 0 Å². The van der Waals surface area contributed by atoms with Crippen LogP contribution in [0.3, 0.4) is 0 Å². The summed E-state index contributed by atoms with van der Waals surface area (Å²) in [5, 5.41) is 0. The lowest BCUT2D eigenvalue weighted by atomic mass is 9.97. The Labute approximate surface area is 88.0 Å². The molecule has 0 aromatic rings. The van der Waals surface area contributed by atoms with Crippen LogP contribution in [0.1, 0.15) is 47.5 Å². The van der Waals surface area contributed by atoms with Crippen LogP contribution in [0.4, 0.5) is 0 Å². The molecule has 0 radical (unpaired) electrons. The average molecular weight is 200 g/mol. The molecule has 0 saturated carbocycles. The SMILES string of the molecule is CCOC(C(=O)CCC(C)C)C(C)C. The van der Waals surface area contributed by atoms with E-state index in [0.29, 0.717) is 18.9 Å². The Morgan fingerprint density at radius 3 is 2.14 bits per heavy atom. The summed E-state index contributed by atoms with van der Waals surface area (Å²) in [5.74, 6) is 1.14. The maximum atomic E-state index is 11.8. The summed E-state index contributed by atoms with van der Waals surface area (Å²) in [6, 6.07) is 0. The molecule has 0 saturated heterocycles. The largest absolute Gasteiger partial charge is 0.370 e. The van der Waals surface area contributed by atoms with Gasteiger partial charge < -0.3 is 4.74 Å². The molecule has 0 N–H and O–H groups in total. The fourth-order valence-electron chi connectivity index (χ4n) is 1.41. The highest BCUT2D eigenvalue weighted by Gasteiger charge is 2.21. The molecular weight excluding hydrogens is 176 g/mol. The van der Waals surface area contributed by atoms with E-state index in [2.05, 4.69) is 13.8 Å². The molecule has 0 rings (SSSR count). The fraction of sp³-hybridized carbons (Fsp3) is 0.917. The third-order valence-corrected chi connectivity index (χ3v) is 2.24. The fourth-order valence-corrected chi connectivity index (χ4v) is 1.41. The number of ketones is 1. The Kier molecular flexibility index (Phi) is 6.81. The van der Waals surface area contributed by atoms with Crippen molar-refractivity contribution < 1.29 is 9.53 Å². The molecule has 0 aliphatic heterocycles. The predicted molar refractivity (Wildman–Crippen MR) is 59.3 cm³/mol. The molecule has 0 aromatic carbocycles. The van der Waals surface area contributed by atoms with Crippen LogP contribution in [-0.2, 0) is 9.53 Å². The van der Waals surface area contributed by atoms with Crippen LogP contribution in [0.25, 0.3) is 0 Å². The van der Waals surface area contributed by atoms with Crippen LogP contribution < -0.4 is 0 Å². The lowest BCUT2D eigenvalue weighted by Crippen LogP contribution is -2.29. The van der Waals surface area contributed by atoms with Gasteiger partial charge in [-0.25, -0.2) is 0 Å². The van der Waals surface area contributed by atoms with Crippen molar-refractivity contribution >= 4 is 5.78 Å². The van der Waals surface area contributed by atoms with Crippen molar-refractivity contribution in [1.82, 2.24) is 0 Å². The summed E-state index contributed by atoms with van der Waals surface area (Å²) in [5.41, 5.74) is 0. The highest BCUT2D eigenvalue weighted by atomic mass is 16.5. The number of ether oxygens (including phenoxy) is 1. The van der Waals surface area contributed by atoms with Crippen LogP contribution in [0.15, 0.2) is 0 Å². The summed E-state index contributed by atoms with van der Waals surface area (Å²) >= 11 is 0. The zero-order valence-corrected chi connectivity index (χ0v) is 10.2. The minimum absolute atomic E-state index is 0.196. The maximum Gasteiger partial charge on any atom is 0.161 e. The second-order valence-electron chi connectivity index (χ2n) is 4.52. The zero-order chi connectivity index (χ0) is 11.1. The van der Waals surface area contributed by atoms with Gasteiger partial charge in [-0.2, -0.15) is 0 Å². The first-order chi connectivity index (χ1) is 6.49. The van der Waals surface area contributed by atoms with Gasteiger partial charge in [0.15, 0.2) is 5.78 Å². The minimum Gasteiger partial charge on any atom is -0.370 e. The van der Waals surface area contributed by atoms with Gasteiger partial charge in [0.1, 0.15) is 6.10 Å². The van der Waals surface area contributed by atoms with Crippen molar-refractivity contribution in [2.24, 2.45) is 11.8 Å². The third kappa shape index (κ3) is 5.38. The van der Waals surface area contributed by atoms with Crippen molar-refractivity contribution in [3.05, 3.63) is 0 Å². The Bertz CT molecular complexity index is 162. The number of carbonyl (C=O) groups is 1. The molecule has 0 fully saturated rings. The summed E-state index contributed by atoms with van der Waals surface area (Å²) in [4.78, 5) is 11.8. The third-order valence-electron chi connectivity index (χ3n) is 2.24. The first-order valence-electron chi connectivity index (χ1n) is 5.63. The number of hydrogen-bond donors (Lipinski definition) is 0. The Morgan fingerprint density at radius 2 is 1.79 bits per heavy atom. The van der Waals surface area contributed by atoms with E-state index < -0.39 is 0 Å². The molecule has 2 nitrogen and oxygen atoms in total. The Balaban J connectivity index is 4.02.